The molecule has 0 heterocycles. The van der Waals surface area contributed by atoms with Crippen LogP contribution in [0.5, 0.6) is 0 Å². The molecule has 0 aromatic rings. The maximum atomic E-state index is 13.0. The van der Waals surface area contributed by atoms with Gasteiger partial charge in [0, 0.05) is 5.88 Å². The molecule has 152 valence electrons. The van der Waals surface area contributed by atoms with Gasteiger partial charge in [0.2, 0.25) is 6.29 Å². The van der Waals surface area contributed by atoms with Gasteiger partial charge < -0.3 is 14.2 Å². The number of hydrogen-bond donors (Lipinski definition) is 0. The van der Waals surface area contributed by atoms with Crippen molar-refractivity contribution in [3.8, 4) is 0 Å². The fraction of sp³-hybridized carbons (Fsp3) is 1.00. The van der Waals surface area contributed by atoms with Gasteiger partial charge in [-0.25, -0.2) is 13.2 Å². The molecular formula is C10H12Cl3F7O5. The van der Waals surface area contributed by atoms with E-state index in [4.69, 9.17) is 34.8 Å². The van der Waals surface area contributed by atoms with Crippen molar-refractivity contribution < 1.29 is 54.8 Å². The zero-order chi connectivity index (χ0) is 19.7. The third kappa shape index (κ3) is 8.16. The normalized spacial score (nSPS) is 16.9. The van der Waals surface area contributed by atoms with Crippen LogP contribution in [0.1, 0.15) is 0 Å². The molecule has 0 saturated heterocycles. The van der Waals surface area contributed by atoms with Crippen molar-refractivity contribution in [2.24, 2.45) is 0 Å². The molecule has 0 aliphatic heterocycles. The van der Waals surface area contributed by atoms with Gasteiger partial charge in [0.05, 0.1) is 13.2 Å². The topological polar surface area (TPSA) is 46.2 Å². The molecule has 0 aromatic carbocycles. The second-order valence-corrected chi connectivity index (χ2v) is 5.64. The van der Waals surface area contributed by atoms with E-state index in [1.165, 1.54) is 0 Å². The second kappa shape index (κ2) is 11.1. The first-order chi connectivity index (χ1) is 11.5. The average molecular weight is 452 g/mol. The maximum absolute atomic E-state index is 13.0. The SMILES string of the molecule is FCCOC(OC(OF)(OCC(F)F)C(F)(F)F)C(Cl)(Cl)OCCCl. The summed E-state index contributed by atoms with van der Waals surface area (Å²) in [6, 6.07) is 0. The van der Waals surface area contributed by atoms with Gasteiger partial charge in [0.25, 0.3) is 10.9 Å². The molecule has 5 nitrogen and oxygen atoms in total. The minimum atomic E-state index is -5.86. The molecule has 2 atom stereocenters. The average Bonchev–Trinajstić information content (AvgIpc) is 2.51. The summed E-state index contributed by atoms with van der Waals surface area (Å²) < 4.78 is 102. The first-order valence-electron chi connectivity index (χ1n) is 6.17. The number of halogens is 10. The highest BCUT2D eigenvalue weighted by atomic mass is 35.5. The van der Waals surface area contributed by atoms with E-state index in [0.29, 0.717) is 0 Å². The Balaban J connectivity index is 5.56. The zero-order valence-electron chi connectivity index (χ0n) is 12.0. The molecule has 0 aliphatic rings. The minimum Gasteiger partial charge on any atom is -0.345 e. The minimum absolute atomic E-state index is 0.233. The van der Waals surface area contributed by atoms with E-state index in [1.807, 2.05) is 0 Å². The molecule has 0 bridgehead atoms. The van der Waals surface area contributed by atoms with Crippen LogP contribution in [0.3, 0.4) is 0 Å². The smallest absolute Gasteiger partial charge is 0.345 e. The number of alkyl halides is 9. The predicted molar refractivity (Wildman–Crippen MR) is 70.8 cm³/mol. The van der Waals surface area contributed by atoms with Crippen molar-refractivity contribution in [3.05, 3.63) is 0 Å². The Labute approximate surface area is 152 Å². The third-order valence-corrected chi connectivity index (χ3v) is 2.83. The Bertz CT molecular complexity index is 377. The van der Waals surface area contributed by atoms with E-state index < -0.39 is 55.9 Å². The van der Waals surface area contributed by atoms with E-state index in [0.717, 1.165) is 0 Å². The van der Waals surface area contributed by atoms with E-state index in [-0.39, 0.29) is 5.88 Å². The molecule has 15 heteroatoms. The maximum Gasteiger partial charge on any atom is 0.476 e. The molecule has 0 aromatic heterocycles. The molecule has 0 radical (unpaired) electrons. The zero-order valence-corrected chi connectivity index (χ0v) is 14.3. The molecule has 0 saturated carbocycles. The van der Waals surface area contributed by atoms with Gasteiger partial charge in [-0.15, -0.1) is 16.5 Å². The van der Waals surface area contributed by atoms with Crippen molar-refractivity contribution >= 4 is 34.8 Å². The lowest BCUT2D eigenvalue weighted by Crippen LogP contribution is -2.57. The van der Waals surface area contributed by atoms with E-state index in [1.54, 1.807) is 0 Å². The Hall–Kier alpha value is 0.180. The van der Waals surface area contributed by atoms with E-state index in [9.17, 15) is 30.9 Å². The van der Waals surface area contributed by atoms with Crippen LogP contribution in [-0.4, -0.2) is 61.8 Å². The lowest BCUT2D eigenvalue weighted by atomic mass is 10.5. The van der Waals surface area contributed by atoms with Crippen LogP contribution < -0.4 is 0 Å². The number of ether oxygens (including phenoxy) is 4. The van der Waals surface area contributed by atoms with Gasteiger partial charge in [0.15, 0.2) is 0 Å². The molecule has 0 amide bonds. The fourth-order valence-electron chi connectivity index (χ4n) is 1.17. The van der Waals surface area contributed by atoms with Crippen LogP contribution in [-0.2, 0) is 23.9 Å². The monoisotopic (exact) mass is 450 g/mol. The summed E-state index contributed by atoms with van der Waals surface area (Å²) in [5.74, 6) is -4.92. The summed E-state index contributed by atoms with van der Waals surface area (Å²) in [6.45, 7) is -4.56. The molecule has 0 aliphatic carbocycles. The summed E-state index contributed by atoms with van der Waals surface area (Å²) >= 11 is 16.4. The van der Waals surface area contributed by atoms with Crippen LogP contribution in [0.4, 0.5) is 30.9 Å². The van der Waals surface area contributed by atoms with E-state index >= 15 is 0 Å². The van der Waals surface area contributed by atoms with Gasteiger partial charge in [-0.3, -0.25) is 4.74 Å². The van der Waals surface area contributed by atoms with Gasteiger partial charge in [-0.1, -0.05) is 23.2 Å². The van der Waals surface area contributed by atoms with Crippen LogP contribution in [0, 0.1) is 0 Å². The first kappa shape index (κ1) is 25.2. The summed E-state index contributed by atoms with van der Waals surface area (Å²) in [6.07, 6.45) is -11.9. The van der Waals surface area contributed by atoms with Crippen molar-refractivity contribution in [2.45, 2.75) is 29.4 Å². The van der Waals surface area contributed by atoms with Gasteiger partial charge in [-0.2, -0.15) is 13.2 Å². The van der Waals surface area contributed by atoms with Crippen molar-refractivity contribution in [1.82, 2.24) is 0 Å². The molecule has 0 rings (SSSR count). The molecule has 25 heavy (non-hydrogen) atoms. The first-order valence-corrected chi connectivity index (χ1v) is 7.46. The fourth-order valence-corrected chi connectivity index (χ4v) is 1.62. The van der Waals surface area contributed by atoms with Gasteiger partial charge >= 0.3 is 12.1 Å². The van der Waals surface area contributed by atoms with Crippen molar-refractivity contribution in [2.75, 3.05) is 32.4 Å². The highest BCUT2D eigenvalue weighted by Crippen LogP contribution is 2.41. The third-order valence-electron chi connectivity index (χ3n) is 2.10. The summed E-state index contributed by atoms with van der Waals surface area (Å²) in [7, 11) is 0. The van der Waals surface area contributed by atoms with E-state index in [2.05, 4.69) is 23.9 Å². The van der Waals surface area contributed by atoms with Crippen LogP contribution >= 0.6 is 34.8 Å². The quantitative estimate of drug-likeness (QED) is 0.240. The highest BCUT2D eigenvalue weighted by Gasteiger charge is 2.65. The predicted octanol–water partition coefficient (Wildman–Crippen LogP) is 4.10. The molecule has 0 N–H and O–H groups in total. The lowest BCUT2D eigenvalue weighted by molar-refractivity contribution is -0.553. The Morgan fingerprint density at radius 1 is 1.00 bits per heavy atom. The molecule has 2 unspecified atom stereocenters. The number of rotatable bonds is 13. The standard InChI is InChI=1S/C10H12Cl3F7O5/c11-1-3-22-8(12,13)7(21-4-2-14)24-10(25-20,9(17,18)19)23-5-6(15)16/h6-7H,1-5H2. The van der Waals surface area contributed by atoms with Crippen LogP contribution in [0.2, 0.25) is 0 Å². The molecular weight excluding hydrogens is 439 g/mol. The lowest BCUT2D eigenvalue weighted by Gasteiger charge is -2.37. The van der Waals surface area contributed by atoms with Crippen molar-refractivity contribution in [3.63, 3.8) is 0 Å². The van der Waals surface area contributed by atoms with Crippen LogP contribution in [0.25, 0.3) is 0 Å². The highest BCUT2D eigenvalue weighted by molar-refractivity contribution is 6.47. The largest absolute Gasteiger partial charge is 0.476 e. The van der Waals surface area contributed by atoms with Crippen molar-refractivity contribution in [1.29, 1.82) is 0 Å². The van der Waals surface area contributed by atoms with Gasteiger partial charge in [0.1, 0.15) is 13.3 Å². The van der Waals surface area contributed by atoms with Crippen LogP contribution in [0.15, 0.2) is 0 Å². The summed E-state index contributed by atoms with van der Waals surface area (Å²) in [4.78, 5) is 2.59. The molecule has 0 fully saturated rings. The molecule has 0 spiro atoms. The summed E-state index contributed by atoms with van der Waals surface area (Å²) in [5.41, 5.74) is 0. The van der Waals surface area contributed by atoms with Gasteiger partial charge in [-0.05, 0) is 4.53 Å². The Kier molecular flexibility index (Phi) is 11.2. The number of hydrogen-bond acceptors (Lipinski definition) is 5. The Morgan fingerprint density at radius 3 is 2.00 bits per heavy atom. The second-order valence-electron chi connectivity index (χ2n) is 3.94. The summed E-state index contributed by atoms with van der Waals surface area (Å²) in [5, 5.41) is 0. The Morgan fingerprint density at radius 2 is 1.60 bits per heavy atom.